The maximum atomic E-state index is 8.63. The molecule has 0 aromatic carbocycles. The molecule has 0 saturated heterocycles. The molecule has 1 aromatic rings. The van der Waals surface area contributed by atoms with Crippen LogP contribution in [-0.4, -0.2) is 11.7 Å². The lowest BCUT2D eigenvalue weighted by Gasteiger charge is -2.06. The van der Waals surface area contributed by atoms with E-state index in [1.807, 2.05) is 19.1 Å². The van der Waals surface area contributed by atoms with Gasteiger partial charge in [0.2, 0.25) is 0 Å². The molecule has 0 aliphatic rings. The van der Waals surface area contributed by atoms with Gasteiger partial charge in [-0.15, -0.1) is 0 Å². The van der Waals surface area contributed by atoms with Crippen molar-refractivity contribution in [2.24, 2.45) is 5.73 Å². The minimum Gasteiger partial charge on any atom is -0.464 e. The zero-order chi connectivity index (χ0) is 9.68. The summed E-state index contributed by atoms with van der Waals surface area (Å²) in [6.07, 6.45) is 2.39. The molecule has 0 bridgehead atoms. The third-order valence-electron chi connectivity index (χ3n) is 2.07. The number of hydrogen-bond donors (Lipinski definition) is 2. The van der Waals surface area contributed by atoms with Crippen LogP contribution in [0.2, 0.25) is 0 Å². The third kappa shape index (κ3) is 2.86. The molecular formula is C10H17NO2. The van der Waals surface area contributed by atoms with Gasteiger partial charge in [-0.05, 0) is 25.0 Å². The Balaban J connectivity index is 2.50. The van der Waals surface area contributed by atoms with Crippen LogP contribution in [0.5, 0.6) is 0 Å². The second-order valence-corrected chi connectivity index (χ2v) is 3.13. The smallest absolute Gasteiger partial charge is 0.120 e. The lowest BCUT2D eigenvalue weighted by Crippen LogP contribution is -2.09. The molecule has 0 fully saturated rings. The number of aryl methyl sites for hydroxylation is 1. The number of rotatable bonds is 5. The van der Waals surface area contributed by atoms with Crippen LogP contribution in [0.1, 0.15) is 37.3 Å². The molecule has 0 aliphatic carbocycles. The topological polar surface area (TPSA) is 59.4 Å². The highest BCUT2D eigenvalue weighted by Gasteiger charge is 2.09. The summed E-state index contributed by atoms with van der Waals surface area (Å²) in [5.41, 5.74) is 5.84. The van der Waals surface area contributed by atoms with E-state index < -0.39 is 0 Å². The van der Waals surface area contributed by atoms with Crippen molar-refractivity contribution in [3.8, 4) is 0 Å². The molecule has 3 N–H and O–H groups in total. The second kappa shape index (κ2) is 5.04. The Hall–Kier alpha value is -0.800. The Morgan fingerprint density at radius 2 is 2.31 bits per heavy atom. The van der Waals surface area contributed by atoms with Crippen LogP contribution in [0.4, 0.5) is 0 Å². The summed E-state index contributed by atoms with van der Waals surface area (Å²) in [4.78, 5) is 0. The molecule has 1 heterocycles. The number of nitrogens with two attached hydrogens (primary N) is 1. The van der Waals surface area contributed by atoms with Gasteiger partial charge in [-0.1, -0.05) is 6.92 Å². The summed E-state index contributed by atoms with van der Waals surface area (Å²) in [5, 5.41) is 8.63. The van der Waals surface area contributed by atoms with Crippen LogP contribution in [0, 0.1) is 0 Å². The molecule has 13 heavy (non-hydrogen) atoms. The van der Waals surface area contributed by atoms with E-state index in [0.717, 1.165) is 30.8 Å². The van der Waals surface area contributed by atoms with E-state index >= 15 is 0 Å². The first kappa shape index (κ1) is 10.3. The maximum absolute atomic E-state index is 8.63. The van der Waals surface area contributed by atoms with Crippen LogP contribution in [-0.2, 0) is 6.42 Å². The quantitative estimate of drug-likeness (QED) is 0.729. The summed E-state index contributed by atoms with van der Waals surface area (Å²) >= 11 is 0. The van der Waals surface area contributed by atoms with Crippen molar-refractivity contribution in [3.05, 3.63) is 23.7 Å². The van der Waals surface area contributed by atoms with Gasteiger partial charge in [-0.25, -0.2) is 0 Å². The molecule has 0 unspecified atom stereocenters. The van der Waals surface area contributed by atoms with Crippen molar-refractivity contribution in [2.45, 2.75) is 32.2 Å². The third-order valence-corrected chi connectivity index (χ3v) is 2.07. The van der Waals surface area contributed by atoms with Crippen molar-refractivity contribution in [1.29, 1.82) is 0 Å². The zero-order valence-electron chi connectivity index (χ0n) is 7.99. The Labute approximate surface area is 78.5 Å². The molecule has 3 heteroatoms. The fraction of sp³-hybridized carbons (Fsp3) is 0.600. The summed E-state index contributed by atoms with van der Waals surface area (Å²) < 4.78 is 5.48. The molecule has 1 rings (SSSR count). The Morgan fingerprint density at radius 3 is 2.85 bits per heavy atom. The van der Waals surface area contributed by atoms with Gasteiger partial charge in [0.05, 0.1) is 6.04 Å². The highest BCUT2D eigenvalue weighted by atomic mass is 16.3. The average Bonchev–Trinajstić information content (AvgIpc) is 2.62. The summed E-state index contributed by atoms with van der Waals surface area (Å²) in [5.74, 6) is 1.79. The zero-order valence-corrected chi connectivity index (χ0v) is 7.99. The monoisotopic (exact) mass is 183 g/mol. The van der Waals surface area contributed by atoms with Crippen LogP contribution in [0.15, 0.2) is 16.5 Å². The van der Waals surface area contributed by atoms with Gasteiger partial charge in [-0.3, -0.25) is 0 Å². The van der Waals surface area contributed by atoms with Crippen molar-refractivity contribution in [1.82, 2.24) is 0 Å². The Morgan fingerprint density at radius 1 is 1.54 bits per heavy atom. The van der Waals surface area contributed by atoms with Crippen molar-refractivity contribution >= 4 is 0 Å². The normalized spacial score (nSPS) is 13.2. The van der Waals surface area contributed by atoms with Crippen molar-refractivity contribution in [3.63, 3.8) is 0 Å². The van der Waals surface area contributed by atoms with E-state index in [0.29, 0.717) is 0 Å². The first-order chi connectivity index (χ1) is 6.27. The van der Waals surface area contributed by atoms with Gasteiger partial charge < -0.3 is 15.3 Å². The van der Waals surface area contributed by atoms with E-state index in [9.17, 15) is 0 Å². The molecule has 1 aromatic heterocycles. The van der Waals surface area contributed by atoms with Crippen molar-refractivity contribution < 1.29 is 9.52 Å². The van der Waals surface area contributed by atoms with Gasteiger partial charge >= 0.3 is 0 Å². The molecular weight excluding hydrogens is 166 g/mol. The van der Waals surface area contributed by atoms with E-state index in [1.54, 1.807) is 0 Å². The molecule has 0 amide bonds. The lowest BCUT2D eigenvalue weighted by atomic mass is 10.1. The first-order valence-corrected chi connectivity index (χ1v) is 4.73. The van der Waals surface area contributed by atoms with Gasteiger partial charge in [0.15, 0.2) is 0 Å². The summed E-state index contributed by atoms with van der Waals surface area (Å²) in [6.45, 7) is 2.23. The highest BCUT2D eigenvalue weighted by Crippen LogP contribution is 2.18. The van der Waals surface area contributed by atoms with Crippen molar-refractivity contribution in [2.75, 3.05) is 6.61 Å². The van der Waals surface area contributed by atoms with E-state index in [1.165, 1.54) is 0 Å². The number of hydrogen-bond acceptors (Lipinski definition) is 3. The molecule has 1 atom stereocenters. The average molecular weight is 183 g/mol. The number of aliphatic hydroxyl groups is 1. The first-order valence-electron chi connectivity index (χ1n) is 4.73. The minimum atomic E-state index is -0.0764. The minimum absolute atomic E-state index is 0.0764. The summed E-state index contributed by atoms with van der Waals surface area (Å²) in [6, 6.07) is 3.79. The van der Waals surface area contributed by atoms with Gasteiger partial charge in [0.25, 0.3) is 0 Å². The fourth-order valence-electron chi connectivity index (χ4n) is 1.24. The van der Waals surface area contributed by atoms with Crippen LogP contribution in [0.25, 0.3) is 0 Å². The molecule has 0 spiro atoms. The highest BCUT2D eigenvalue weighted by molar-refractivity contribution is 5.10. The molecule has 0 aliphatic heterocycles. The molecule has 3 nitrogen and oxygen atoms in total. The lowest BCUT2D eigenvalue weighted by molar-refractivity contribution is 0.276. The SMILES string of the molecule is CCc1ccc([C@H](N)CCCO)o1. The van der Waals surface area contributed by atoms with Gasteiger partial charge in [0.1, 0.15) is 11.5 Å². The van der Waals surface area contributed by atoms with Crippen LogP contribution in [0.3, 0.4) is 0 Å². The maximum Gasteiger partial charge on any atom is 0.120 e. The Kier molecular flexibility index (Phi) is 3.99. The van der Waals surface area contributed by atoms with Crippen LogP contribution < -0.4 is 5.73 Å². The largest absolute Gasteiger partial charge is 0.464 e. The molecule has 0 saturated carbocycles. The van der Waals surface area contributed by atoms with E-state index in [4.69, 9.17) is 15.3 Å². The van der Waals surface area contributed by atoms with Gasteiger partial charge in [0, 0.05) is 13.0 Å². The Bertz CT molecular complexity index is 245. The second-order valence-electron chi connectivity index (χ2n) is 3.13. The number of furan rings is 1. The standard InChI is InChI=1S/C10H17NO2/c1-2-8-5-6-10(13-8)9(11)4-3-7-12/h5-6,9,12H,2-4,7,11H2,1H3/t9-/m1/s1. The fourth-order valence-corrected chi connectivity index (χ4v) is 1.24. The molecule has 0 radical (unpaired) electrons. The number of aliphatic hydroxyl groups excluding tert-OH is 1. The summed E-state index contributed by atoms with van der Waals surface area (Å²) in [7, 11) is 0. The molecule has 74 valence electrons. The van der Waals surface area contributed by atoms with Crippen LogP contribution >= 0.6 is 0 Å². The van der Waals surface area contributed by atoms with Gasteiger partial charge in [-0.2, -0.15) is 0 Å². The van der Waals surface area contributed by atoms with E-state index in [-0.39, 0.29) is 12.6 Å². The predicted molar refractivity (Wildman–Crippen MR) is 51.3 cm³/mol. The predicted octanol–water partition coefficient (Wildman–Crippen LogP) is 1.61. The van der Waals surface area contributed by atoms with E-state index in [2.05, 4.69) is 0 Å².